The molecular weight excluding hydrogens is 254 g/mol. The molecule has 1 unspecified atom stereocenters. The van der Waals surface area contributed by atoms with E-state index in [-0.39, 0.29) is 0 Å². The van der Waals surface area contributed by atoms with Gasteiger partial charge in [0, 0.05) is 11.9 Å². The molecule has 0 aliphatic carbocycles. The number of aliphatic carboxylic acids is 1. The molecule has 1 aliphatic rings. The number of carboxylic acid groups (broad SMARTS) is 1. The minimum Gasteiger partial charge on any atom is -0.480 e. The van der Waals surface area contributed by atoms with Gasteiger partial charge >= 0.3 is 5.97 Å². The van der Waals surface area contributed by atoms with Crippen molar-refractivity contribution >= 4 is 17.7 Å². The first-order valence-electron chi connectivity index (χ1n) is 5.24. The summed E-state index contributed by atoms with van der Waals surface area (Å²) in [5, 5.41) is 17.7. The second kappa shape index (κ2) is 4.30. The highest BCUT2D eigenvalue weighted by molar-refractivity contribution is 7.99. The van der Waals surface area contributed by atoms with Crippen molar-refractivity contribution in [3.63, 3.8) is 0 Å². The first kappa shape index (κ1) is 11.0. The number of fused-ring (bicyclic) bond motifs is 1. The number of nitrogens with one attached hydrogen (secondary N) is 1. The maximum atomic E-state index is 11.0. The molecule has 1 atom stereocenters. The van der Waals surface area contributed by atoms with E-state index in [0.717, 1.165) is 0 Å². The zero-order valence-electron chi connectivity index (χ0n) is 9.15. The Kier molecular flexibility index (Phi) is 2.63. The number of hydrogen-bond acceptors (Lipinski definition) is 6. The Labute approximate surface area is 106 Å². The molecule has 0 amide bonds. The number of thioether (sulfide) groups is 1. The van der Waals surface area contributed by atoms with Crippen molar-refractivity contribution in [3.05, 3.63) is 24.4 Å². The molecule has 0 spiro atoms. The van der Waals surface area contributed by atoms with Crippen LogP contribution >= 0.6 is 11.8 Å². The number of carboxylic acids is 1. The summed E-state index contributed by atoms with van der Waals surface area (Å²) in [4.78, 5) is 15.2. The van der Waals surface area contributed by atoms with Crippen molar-refractivity contribution < 1.29 is 9.90 Å². The predicted octanol–water partition coefficient (Wildman–Crippen LogP) is 0.442. The van der Waals surface area contributed by atoms with E-state index in [1.54, 1.807) is 23.0 Å². The molecule has 2 aromatic heterocycles. The molecule has 0 aromatic carbocycles. The van der Waals surface area contributed by atoms with Gasteiger partial charge in [-0.15, -0.1) is 10.2 Å². The Morgan fingerprint density at radius 2 is 2.39 bits per heavy atom. The SMILES string of the molecule is O=C(O)C1CSc2nnc(-c3ccccn3)n2N1. The van der Waals surface area contributed by atoms with Crippen LogP contribution < -0.4 is 5.43 Å². The highest BCUT2D eigenvalue weighted by Gasteiger charge is 2.27. The predicted molar refractivity (Wildman–Crippen MR) is 64.8 cm³/mol. The van der Waals surface area contributed by atoms with E-state index < -0.39 is 12.0 Å². The molecule has 92 valence electrons. The molecule has 3 heterocycles. The van der Waals surface area contributed by atoms with E-state index in [2.05, 4.69) is 20.6 Å². The average molecular weight is 263 g/mol. The van der Waals surface area contributed by atoms with Gasteiger partial charge in [-0.3, -0.25) is 4.98 Å². The smallest absolute Gasteiger partial charge is 0.328 e. The molecule has 0 fully saturated rings. The fraction of sp³-hybridized carbons (Fsp3) is 0.200. The van der Waals surface area contributed by atoms with Gasteiger partial charge in [-0.25, -0.2) is 9.47 Å². The Morgan fingerprint density at radius 3 is 3.11 bits per heavy atom. The molecule has 2 aromatic rings. The molecule has 0 radical (unpaired) electrons. The van der Waals surface area contributed by atoms with Crippen LogP contribution in [0, 0.1) is 0 Å². The van der Waals surface area contributed by atoms with Crippen molar-refractivity contribution in [2.24, 2.45) is 0 Å². The minimum absolute atomic E-state index is 0.426. The van der Waals surface area contributed by atoms with E-state index in [1.165, 1.54) is 11.8 Å². The van der Waals surface area contributed by atoms with Gasteiger partial charge in [0.1, 0.15) is 11.7 Å². The van der Waals surface area contributed by atoms with E-state index in [0.29, 0.717) is 22.4 Å². The molecule has 0 saturated carbocycles. The summed E-state index contributed by atoms with van der Waals surface area (Å²) in [6.07, 6.45) is 1.65. The van der Waals surface area contributed by atoms with Gasteiger partial charge in [0.05, 0.1) is 0 Å². The lowest BCUT2D eigenvalue weighted by Gasteiger charge is -2.22. The van der Waals surface area contributed by atoms with Crippen LogP contribution in [0.2, 0.25) is 0 Å². The van der Waals surface area contributed by atoms with Gasteiger partial charge in [0.15, 0.2) is 0 Å². The average Bonchev–Trinajstić information content (AvgIpc) is 2.82. The summed E-state index contributed by atoms with van der Waals surface area (Å²) in [6, 6.07) is 4.79. The Balaban J connectivity index is 2.00. The molecule has 18 heavy (non-hydrogen) atoms. The quantitative estimate of drug-likeness (QED) is 0.812. The summed E-state index contributed by atoms with van der Waals surface area (Å²) in [5.74, 6) is 0.0493. The minimum atomic E-state index is -0.895. The molecule has 0 bridgehead atoms. The summed E-state index contributed by atoms with van der Waals surface area (Å²) in [5.41, 5.74) is 3.52. The van der Waals surface area contributed by atoms with Crippen LogP contribution in [0.3, 0.4) is 0 Å². The van der Waals surface area contributed by atoms with E-state index in [1.807, 2.05) is 6.07 Å². The first-order chi connectivity index (χ1) is 8.75. The second-order valence-electron chi connectivity index (χ2n) is 3.69. The molecule has 3 rings (SSSR count). The van der Waals surface area contributed by atoms with Crippen LogP contribution in [0.15, 0.2) is 29.6 Å². The number of aromatic nitrogens is 4. The Hall–Kier alpha value is -2.09. The number of hydrogen-bond donors (Lipinski definition) is 2. The number of carbonyl (C=O) groups is 1. The maximum absolute atomic E-state index is 11.0. The van der Waals surface area contributed by atoms with Crippen LogP contribution in [0.25, 0.3) is 11.5 Å². The van der Waals surface area contributed by atoms with Crippen LogP contribution in [-0.2, 0) is 4.79 Å². The Morgan fingerprint density at radius 1 is 1.50 bits per heavy atom. The normalized spacial score (nSPS) is 17.9. The van der Waals surface area contributed by atoms with Crippen molar-refractivity contribution in [2.75, 3.05) is 11.2 Å². The third kappa shape index (κ3) is 1.80. The summed E-state index contributed by atoms with van der Waals surface area (Å²) in [6.45, 7) is 0. The lowest BCUT2D eigenvalue weighted by molar-refractivity contribution is -0.137. The Bertz CT molecular complexity index is 585. The standard InChI is InChI=1S/C10H9N5O2S/c16-9(17)7-5-18-10-13-12-8(15(10)14-7)6-3-1-2-4-11-6/h1-4,7,14H,5H2,(H,16,17). The van der Waals surface area contributed by atoms with Crippen molar-refractivity contribution in [2.45, 2.75) is 11.2 Å². The largest absolute Gasteiger partial charge is 0.480 e. The monoisotopic (exact) mass is 263 g/mol. The van der Waals surface area contributed by atoms with Crippen LogP contribution in [0.4, 0.5) is 0 Å². The van der Waals surface area contributed by atoms with Gasteiger partial charge in [0.25, 0.3) is 0 Å². The van der Waals surface area contributed by atoms with E-state index in [4.69, 9.17) is 5.11 Å². The van der Waals surface area contributed by atoms with Crippen molar-refractivity contribution in [1.82, 2.24) is 19.9 Å². The van der Waals surface area contributed by atoms with Gasteiger partial charge in [-0.05, 0) is 12.1 Å². The zero-order valence-corrected chi connectivity index (χ0v) is 9.96. The highest BCUT2D eigenvalue weighted by atomic mass is 32.2. The topological polar surface area (TPSA) is 92.9 Å². The molecule has 2 N–H and O–H groups in total. The third-order valence-electron chi connectivity index (χ3n) is 2.49. The van der Waals surface area contributed by atoms with Crippen LogP contribution in [0.1, 0.15) is 0 Å². The van der Waals surface area contributed by atoms with Gasteiger partial charge < -0.3 is 10.5 Å². The lowest BCUT2D eigenvalue weighted by Crippen LogP contribution is -2.40. The highest BCUT2D eigenvalue weighted by Crippen LogP contribution is 2.25. The molecular formula is C10H9N5O2S. The van der Waals surface area contributed by atoms with E-state index in [9.17, 15) is 4.79 Å². The van der Waals surface area contributed by atoms with Gasteiger partial charge in [-0.1, -0.05) is 17.8 Å². The van der Waals surface area contributed by atoms with Crippen LogP contribution in [-0.4, -0.2) is 42.7 Å². The number of rotatable bonds is 2. The maximum Gasteiger partial charge on any atom is 0.328 e. The summed E-state index contributed by atoms with van der Waals surface area (Å²) < 4.78 is 1.58. The summed E-state index contributed by atoms with van der Waals surface area (Å²) >= 11 is 1.36. The van der Waals surface area contributed by atoms with Gasteiger partial charge in [0.2, 0.25) is 11.0 Å². The van der Waals surface area contributed by atoms with Crippen molar-refractivity contribution in [1.29, 1.82) is 0 Å². The third-order valence-corrected chi connectivity index (χ3v) is 3.51. The summed E-state index contributed by atoms with van der Waals surface area (Å²) in [7, 11) is 0. The second-order valence-corrected chi connectivity index (χ2v) is 4.67. The van der Waals surface area contributed by atoms with Crippen molar-refractivity contribution in [3.8, 4) is 11.5 Å². The fourth-order valence-electron chi connectivity index (χ4n) is 1.62. The zero-order chi connectivity index (χ0) is 12.5. The molecule has 8 heteroatoms. The lowest BCUT2D eigenvalue weighted by atomic mass is 10.3. The molecule has 1 aliphatic heterocycles. The van der Waals surface area contributed by atoms with Crippen LogP contribution in [0.5, 0.6) is 0 Å². The number of nitrogens with zero attached hydrogens (tertiary/aromatic N) is 4. The first-order valence-corrected chi connectivity index (χ1v) is 6.23. The fourth-order valence-corrected chi connectivity index (χ4v) is 2.52. The van der Waals surface area contributed by atoms with Gasteiger partial charge in [-0.2, -0.15) is 0 Å². The number of pyridine rings is 1. The molecule has 0 saturated heterocycles. The molecule has 7 nitrogen and oxygen atoms in total. The van der Waals surface area contributed by atoms with E-state index >= 15 is 0 Å².